The minimum atomic E-state index is -4.73. The molecule has 0 radical (unpaired) electrons. The standard InChI is InChI=1S/C27H26F3N3O4/c1-16-6-11-23-20(12-16)24(34)33(14-17-7-9-18(10-8-17)25(35)37-2)26(36)32(23)15-19-4-3-5-22(21(19)13-31)27(28,29)30/h3-6,11-12,17-18H,7-10,14-15H2,1-2H3/t17-,18-. The molecular weight excluding hydrogens is 487 g/mol. The van der Waals surface area contributed by atoms with E-state index in [1.54, 1.807) is 31.2 Å². The Hall–Kier alpha value is -3.87. The normalized spacial score (nSPS) is 17.9. The Morgan fingerprint density at radius 1 is 1.11 bits per heavy atom. The van der Waals surface area contributed by atoms with E-state index < -0.39 is 28.6 Å². The van der Waals surface area contributed by atoms with Crippen molar-refractivity contribution in [3.8, 4) is 6.07 Å². The zero-order chi connectivity index (χ0) is 26.9. The number of nitriles is 1. The number of alkyl halides is 3. The average Bonchev–Trinajstić information content (AvgIpc) is 2.88. The molecule has 194 valence electrons. The number of benzene rings is 2. The third-order valence-corrected chi connectivity index (χ3v) is 7.10. The molecule has 0 atom stereocenters. The zero-order valence-electron chi connectivity index (χ0n) is 20.5. The van der Waals surface area contributed by atoms with Crippen LogP contribution in [-0.2, 0) is 28.8 Å². The number of fused-ring (bicyclic) bond motifs is 1. The molecule has 10 heteroatoms. The summed E-state index contributed by atoms with van der Waals surface area (Å²) in [6.07, 6.45) is -2.30. The lowest BCUT2D eigenvalue weighted by atomic mass is 9.82. The van der Waals surface area contributed by atoms with Gasteiger partial charge in [0.1, 0.15) is 6.07 Å². The van der Waals surface area contributed by atoms with E-state index in [0.717, 1.165) is 16.2 Å². The Labute approximate surface area is 210 Å². The van der Waals surface area contributed by atoms with Crippen molar-refractivity contribution < 1.29 is 22.7 Å². The van der Waals surface area contributed by atoms with Gasteiger partial charge in [-0.1, -0.05) is 23.8 Å². The maximum Gasteiger partial charge on any atom is 0.417 e. The van der Waals surface area contributed by atoms with E-state index in [2.05, 4.69) is 0 Å². The van der Waals surface area contributed by atoms with Crippen molar-refractivity contribution >= 4 is 16.9 Å². The summed E-state index contributed by atoms with van der Waals surface area (Å²) in [6.45, 7) is 1.62. The van der Waals surface area contributed by atoms with Crippen LogP contribution < -0.4 is 11.2 Å². The Kier molecular flexibility index (Phi) is 7.25. The second-order valence-electron chi connectivity index (χ2n) is 9.50. The summed E-state index contributed by atoms with van der Waals surface area (Å²) in [5, 5.41) is 9.80. The predicted molar refractivity (Wildman–Crippen MR) is 130 cm³/mol. The summed E-state index contributed by atoms with van der Waals surface area (Å²) in [7, 11) is 1.34. The molecule has 0 aliphatic heterocycles. The molecular formula is C27H26F3N3O4. The second-order valence-corrected chi connectivity index (χ2v) is 9.50. The molecule has 3 aromatic rings. The van der Waals surface area contributed by atoms with E-state index in [0.29, 0.717) is 25.7 Å². The number of hydrogen-bond donors (Lipinski definition) is 0. The molecule has 0 amide bonds. The number of hydrogen-bond acceptors (Lipinski definition) is 5. The highest BCUT2D eigenvalue weighted by Crippen LogP contribution is 2.33. The van der Waals surface area contributed by atoms with Crippen molar-refractivity contribution in [2.75, 3.05) is 7.11 Å². The highest BCUT2D eigenvalue weighted by atomic mass is 19.4. The van der Waals surface area contributed by atoms with Crippen LogP contribution in [0.2, 0.25) is 0 Å². The van der Waals surface area contributed by atoms with Crippen molar-refractivity contribution in [3.05, 3.63) is 79.5 Å². The van der Waals surface area contributed by atoms with Gasteiger partial charge in [0.2, 0.25) is 0 Å². The van der Waals surface area contributed by atoms with Crippen LogP contribution in [0.15, 0.2) is 46.0 Å². The van der Waals surface area contributed by atoms with E-state index in [-0.39, 0.29) is 47.4 Å². The van der Waals surface area contributed by atoms with E-state index in [4.69, 9.17) is 4.74 Å². The number of methoxy groups -OCH3 is 1. The van der Waals surface area contributed by atoms with Gasteiger partial charge in [0.15, 0.2) is 0 Å². The van der Waals surface area contributed by atoms with Crippen LogP contribution in [0.25, 0.3) is 10.9 Å². The van der Waals surface area contributed by atoms with Crippen LogP contribution >= 0.6 is 0 Å². The van der Waals surface area contributed by atoms with E-state index in [1.165, 1.54) is 23.8 Å². The van der Waals surface area contributed by atoms with Gasteiger partial charge in [0, 0.05) is 6.54 Å². The summed E-state index contributed by atoms with van der Waals surface area (Å²) in [4.78, 5) is 38.8. The van der Waals surface area contributed by atoms with Crippen LogP contribution in [0.3, 0.4) is 0 Å². The van der Waals surface area contributed by atoms with E-state index in [1.807, 2.05) is 0 Å². The predicted octanol–water partition coefficient (Wildman–Crippen LogP) is 4.39. The quantitative estimate of drug-likeness (QED) is 0.472. The average molecular weight is 514 g/mol. The van der Waals surface area contributed by atoms with E-state index in [9.17, 15) is 32.8 Å². The number of rotatable bonds is 5. The van der Waals surface area contributed by atoms with Crippen LogP contribution in [0, 0.1) is 30.1 Å². The lowest BCUT2D eigenvalue weighted by Gasteiger charge is -2.27. The highest BCUT2D eigenvalue weighted by Gasteiger charge is 2.34. The maximum atomic E-state index is 13.6. The molecule has 1 fully saturated rings. The molecule has 2 aromatic carbocycles. The molecule has 0 spiro atoms. The Morgan fingerprint density at radius 3 is 2.43 bits per heavy atom. The van der Waals surface area contributed by atoms with Gasteiger partial charge in [-0.2, -0.15) is 18.4 Å². The molecule has 1 heterocycles. The Balaban J connectivity index is 1.79. The smallest absolute Gasteiger partial charge is 0.417 e. The van der Waals surface area contributed by atoms with Crippen LogP contribution in [-0.4, -0.2) is 22.2 Å². The monoisotopic (exact) mass is 513 g/mol. The third kappa shape index (κ3) is 5.17. The zero-order valence-corrected chi connectivity index (χ0v) is 20.5. The summed E-state index contributed by atoms with van der Waals surface area (Å²) in [6, 6.07) is 10.0. The molecule has 0 N–H and O–H groups in total. The fourth-order valence-corrected chi connectivity index (χ4v) is 5.13. The van der Waals surface area contributed by atoms with Gasteiger partial charge in [-0.05, 0) is 62.3 Å². The Morgan fingerprint density at radius 2 is 1.81 bits per heavy atom. The van der Waals surface area contributed by atoms with Gasteiger partial charge in [-0.3, -0.25) is 18.7 Å². The minimum absolute atomic E-state index is 0.0229. The van der Waals surface area contributed by atoms with Gasteiger partial charge in [-0.15, -0.1) is 0 Å². The number of nitrogens with zero attached hydrogens (tertiary/aromatic N) is 3. The van der Waals surface area contributed by atoms with Crippen molar-refractivity contribution in [1.29, 1.82) is 5.26 Å². The number of carbonyl (C=O) groups is 1. The molecule has 1 aromatic heterocycles. The second kappa shape index (κ2) is 10.2. The van der Waals surface area contributed by atoms with Gasteiger partial charge >= 0.3 is 17.8 Å². The fraction of sp³-hybridized carbons (Fsp3) is 0.407. The molecule has 1 saturated carbocycles. The Bertz CT molecular complexity index is 1510. The van der Waals surface area contributed by atoms with Gasteiger partial charge in [-0.25, -0.2) is 4.79 Å². The number of ether oxygens (including phenoxy) is 1. The molecule has 1 aliphatic rings. The lowest BCUT2D eigenvalue weighted by Crippen LogP contribution is -2.42. The van der Waals surface area contributed by atoms with Gasteiger partial charge in [0.25, 0.3) is 5.56 Å². The van der Waals surface area contributed by atoms with Gasteiger partial charge in [0.05, 0.1) is 41.6 Å². The van der Waals surface area contributed by atoms with Crippen molar-refractivity contribution in [1.82, 2.24) is 9.13 Å². The van der Waals surface area contributed by atoms with Crippen molar-refractivity contribution in [3.63, 3.8) is 0 Å². The minimum Gasteiger partial charge on any atom is -0.469 e. The lowest BCUT2D eigenvalue weighted by molar-refractivity contribution is -0.146. The van der Waals surface area contributed by atoms with Crippen LogP contribution in [0.1, 0.15) is 47.9 Å². The van der Waals surface area contributed by atoms with Gasteiger partial charge < -0.3 is 4.74 Å². The first-order valence-electron chi connectivity index (χ1n) is 12.0. The number of aromatic nitrogens is 2. The largest absolute Gasteiger partial charge is 0.469 e. The third-order valence-electron chi connectivity index (χ3n) is 7.10. The maximum absolute atomic E-state index is 13.6. The van der Waals surface area contributed by atoms with Crippen LogP contribution in [0.5, 0.6) is 0 Å². The molecule has 0 bridgehead atoms. The number of halogens is 3. The van der Waals surface area contributed by atoms with E-state index >= 15 is 0 Å². The first-order valence-corrected chi connectivity index (χ1v) is 12.0. The fourth-order valence-electron chi connectivity index (χ4n) is 5.13. The molecule has 0 unspecified atom stereocenters. The summed E-state index contributed by atoms with van der Waals surface area (Å²) in [5.74, 6) is -0.502. The topological polar surface area (TPSA) is 94.1 Å². The molecule has 0 saturated heterocycles. The van der Waals surface area contributed by atoms with Crippen molar-refractivity contribution in [2.45, 2.75) is 51.9 Å². The summed E-state index contributed by atoms with van der Waals surface area (Å²) < 4.78 is 47.8. The molecule has 1 aliphatic carbocycles. The highest BCUT2D eigenvalue weighted by molar-refractivity contribution is 5.79. The number of carbonyl (C=O) groups excluding carboxylic acids is 1. The number of esters is 1. The molecule has 37 heavy (non-hydrogen) atoms. The number of aryl methyl sites for hydroxylation is 1. The SMILES string of the molecule is COC(=O)[C@H]1CC[C@H](Cn2c(=O)c3cc(C)ccc3n(Cc3cccc(C(F)(F)F)c3C#N)c2=O)CC1. The summed E-state index contributed by atoms with van der Waals surface area (Å²) in [5.41, 5.74) is -1.65. The molecule has 4 rings (SSSR count). The first-order chi connectivity index (χ1) is 17.5. The molecule has 7 nitrogen and oxygen atoms in total. The first kappa shape index (κ1) is 26.2. The summed E-state index contributed by atoms with van der Waals surface area (Å²) >= 11 is 0. The van der Waals surface area contributed by atoms with Crippen LogP contribution in [0.4, 0.5) is 13.2 Å². The van der Waals surface area contributed by atoms with Crippen molar-refractivity contribution in [2.24, 2.45) is 11.8 Å².